The summed E-state index contributed by atoms with van der Waals surface area (Å²) in [6.45, 7) is 0.526. The zero-order chi connectivity index (χ0) is 14.1. The van der Waals surface area contributed by atoms with Crippen LogP contribution in [0.3, 0.4) is 0 Å². The molecule has 3 nitrogen and oxygen atoms in total. The number of aliphatic hydroxyl groups excluding tert-OH is 1. The summed E-state index contributed by atoms with van der Waals surface area (Å²) < 4.78 is 0.786. The zero-order valence-corrected chi connectivity index (χ0v) is 12.4. The molecule has 1 aliphatic heterocycles. The SMILES string of the molecule is O=C(c1ccccc1Br)N1CCC(O)c2ccccc21. The van der Waals surface area contributed by atoms with Crippen LogP contribution in [-0.4, -0.2) is 17.6 Å². The van der Waals surface area contributed by atoms with Gasteiger partial charge in [-0.1, -0.05) is 30.3 Å². The Balaban J connectivity index is 2.02. The van der Waals surface area contributed by atoms with Crippen molar-refractivity contribution in [2.75, 3.05) is 11.4 Å². The van der Waals surface area contributed by atoms with Crippen molar-refractivity contribution in [2.24, 2.45) is 0 Å². The van der Waals surface area contributed by atoms with Gasteiger partial charge in [0.1, 0.15) is 0 Å². The zero-order valence-electron chi connectivity index (χ0n) is 10.8. The lowest BCUT2D eigenvalue weighted by Crippen LogP contribution is -2.36. The van der Waals surface area contributed by atoms with Gasteiger partial charge in [0.05, 0.1) is 11.7 Å². The van der Waals surface area contributed by atoms with E-state index in [1.807, 2.05) is 42.5 Å². The van der Waals surface area contributed by atoms with Crippen molar-refractivity contribution in [1.29, 1.82) is 0 Å². The number of aliphatic hydroxyl groups is 1. The van der Waals surface area contributed by atoms with Crippen molar-refractivity contribution in [3.63, 3.8) is 0 Å². The number of carbonyl (C=O) groups excluding carboxylic acids is 1. The van der Waals surface area contributed by atoms with Crippen molar-refractivity contribution < 1.29 is 9.90 Å². The Bertz CT molecular complexity index is 656. The number of fused-ring (bicyclic) bond motifs is 1. The average molecular weight is 332 g/mol. The summed E-state index contributed by atoms with van der Waals surface area (Å²) in [5.74, 6) is -0.0446. The van der Waals surface area contributed by atoms with Gasteiger partial charge in [-0.15, -0.1) is 0 Å². The summed E-state index contributed by atoms with van der Waals surface area (Å²) in [4.78, 5) is 14.4. The van der Waals surface area contributed by atoms with Crippen LogP contribution in [0.15, 0.2) is 53.0 Å². The fourth-order valence-electron chi connectivity index (χ4n) is 2.53. The number of amides is 1. The summed E-state index contributed by atoms with van der Waals surface area (Å²) >= 11 is 3.42. The molecule has 0 aromatic heterocycles. The first-order valence-corrected chi connectivity index (χ1v) is 7.31. The molecular weight excluding hydrogens is 318 g/mol. The van der Waals surface area contributed by atoms with Crippen molar-refractivity contribution >= 4 is 27.5 Å². The van der Waals surface area contributed by atoms with Gasteiger partial charge in [0.2, 0.25) is 0 Å². The Morgan fingerprint density at radius 1 is 1.15 bits per heavy atom. The smallest absolute Gasteiger partial charge is 0.259 e. The second kappa shape index (κ2) is 5.38. The van der Waals surface area contributed by atoms with Crippen LogP contribution in [0.1, 0.15) is 28.4 Å². The maximum Gasteiger partial charge on any atom is 0.259 e. The lowest BCUT2D eigenvalue weighted by Gasteiger charge is -2.32. The molecular formula is C16H14BrNO2. The Morgan fingerprint density at radius 2 is 1.85 bits per heavy atom. The minimum Gasteiger partial charge on any atom is -0.388 e. The summed E-state index contributed by atoms with van der Waals surface area (Å²) in [5.41, 5.74) is 2.25. The number of rotatable bonds is 1. The Hall–Kier alpha value is -1.65. The second-order valence-electron chi connectivity index (χ2n) is 4.80. The standard InChI is InChI=1S/C16H14BrNO2/c17-13-7-3-1-5-11(13)16(20)18-10-9-15(19)12-6-2-4-8-14(12)18/h1-8,15,19H,9-10H2. The lowest BCUT2D eigenvalue weighted by molar-refractivity contribution is 0.0970. The number of carbonyl (C=O) groups is 1. The van der Waals surface area contributed by atoms with Crippen LogP contribution in [0.4, 0.5) is 5.69 Å². The molecule has 3 rings (SSSR count). The highest BCUT2D eigenvalue weighted by Gasteiger charge is 2.28. The summed E-state index contributed by atoms with van der Waals surface area (Å²) in [7, 11) is 0. The Labute approximate surface area is 126 Å². The van der Waals surface area contributed by atoms with Crippen LogP contribution in [0.2, 0.25) is 0 Å². The van der Waals surface area contributed by atoms with Crippen molar-refractivity contribution in [3.8, 4) is 0 Å². The molecule has 1 heterocycles. The number of halogens is 1. The molecule has 102 valence electrons. The summed E-state index contributed by atoms with van der Waals surface area (Å²) in [6, 6.07) is 14.9. The van der Waals surface area contributed by atoms with Gasteiger partial charge in [0.15, 0.2) is 0 Å². The van der Waals surface area contributed by atoms with E-state index >= 15 is 0 Å². The average Bonchev–Trinajstić information content (AvgIpc) is 2.48. The molecule has 0 radical (unpaired) electrons. The quantitative estimate of drug-likeness (QED) is 0.868. The highest BCUT2D eigenvalue weighted by Crippen LogP contribution is 2.34. The first kappa shape index (κ1) is 13.3. The molecule has 0 aliphatic carbocycles. The van der Waals surface area contributed by atoms with Gasteiger partial charge in [-0.05, 0) is 40.5 Å². The molecule has 4 heteroatoms. The van der Waals surface area contributed by atoms with E-state index in [-0.39, 0.29) is 5.91 Å². The minimum atomic E-state index is -0.491. The van der Waals surface area contributed by atoms with Gasteiger partial charge >= 0.3 is 0 Å². The van der Waals surface area contributed by atoms with Gasteiger partial charge in [0.25, 0.3) is 5.91 Å². The van der Waals surface area contributed by atoms with Gasteiger partial charge < -0.3 is 10.0 Å². The summed E-state index contributed by atoms with van der Waals surface area (Å²) in [5, 5.41) is 10.0. The van der Waals surface area contributed by atoms with E-state index in [0.29, 0.717) is 18.5 Å². The number of para-hydroxylation sites is 1. The van der Waals surface area contributed by atoms with E-state index in [4.69, 9.17) is 0 Å². The lowest BCUT2D eigenvalue weighted by atomic mass is 9.98. The largest absolute Gasteiger partial charge is 0.388 e. The van der Waals surface area contributed by atoms with E-state index in [0.717, 1.165) is 15.7 Å². The molecule has 20 heavy (non-hydrogen) atoms. The molecule has 0 saturated carbocycles. The molecule has 1 amide bonds. The molecule has 2 aromatic carbocycles. The molecule has 0 bridgehead atoms. The third kappa shape index (κ3) is 2.25. The van der Waals surface area contributed by atoms with Crippen LogP contribution in [0, 0.1) is 0 Å². The van der Waals surface area contributed by atoms with E-state index in [2.05, 4.69) is 15.9 Å². The molecule has 1 atom stereocenters. The highest BCUT2D eigenvalue weighted by molar-refractivity contribution is 9.10. The molecule has 2 aromatic rings. The first-order valence-electron chi connectivity index (χ1n) is 6.52. The van der Waals surface area contributed by atoms with Gasteiger partial charge in [-0.3, -0.25) is 4.79 Å². The Kier molecular flexibility index (Phi) is 3.59. The number of anilines is 1. The first-order chi connectivity index (χ1) is 9.68. The van der Waals surface area contributed by atoms with E-state index in [1.165, 1.54) is 0 Å². The Morgan fingerprint density at radius 3 is 2.65 bits per heavy atom. The van der Waals surface area contributed by atoms with Crippen LogP contribution in [-0.2, 0) is 0 Å². The molecule has 1 unspecified atom stereocenters. The molecule has 0 spiro atoms. The maximum atomic E-state index is 12.7. The molecule has 0 saturated heterocycles. The molecule has 1 aliphatic rings. The third-order valence-corrected chi connectivity index (χ3v) is 4.25. The van der Waals surface area contributed by atoms with Crippen LogP contribution >= 0.6 is 15.9 Å². The van der Waals surface area contributed by atoms with Crippen molar-refractivity contribution in [1.82, 2.24) is 0 Å². The fraction of sp³-hybridized carbons (Fsp3) is 0.188. The van der Waals surface area contributed by atoms with Crippen molar-refractivity contribution in [3.05, 3.63) is 64.1 Å². The monoisotopic (exact) mass is 331 g/mol. The van der Waals surface area contributed by atoms with E-state index in [9.17, 15) is 9.90 Å². The number of nitrogens with zero attached hydrogens (tertiary/aromatic N) is 1. The molecule has 0 fully saturated rings. The van der Waals surface area contributed by atoms with E-state index < -0.39 is 6.10 Å². The maximum absolute atomic E-state index is 12.7. The highest BCUT2D eigenvalue weighted by atomic mass is 79.9. The van der Waals surface area contributed by atoms with Crippen LogP contribution in [0.5, 0.6) is 0 Å². The number of benzene rings is 2. The van der Waals surface area contributed by atoms with Gasteiger partial charge in [0, 0.05) is 22.3 Å². The normalized spacial score (nSPS) is 17.7. The predicted molar refractivity (Wildman–Crippen MR) is 81.8 cm³/mol. The van der Waals surface area contributed by atoms with Crippen LogP contribution < -0.4 is 4.90 Å². The van der Waals surface area contributed by atoms with Gasteiger partial charge in [-0.2, -0.15) is 0 Å². The fourth-order valence-corrected chi connectivity index (χ4v) is 2.99. The summed E-state index contributed by atoms with van der Waals surface area (Å²) in [6.07, 6.45) is 0.0715. The number of hydrogen-bond acceptors (Lipinski definition) is 2. The predicted octanol–water partition coefficient (Wildman–Crippen LogP) is 3.53. The van der Waals surface area contributed by atoms with Crippen LogP contribution in [0.25, 0.3) is 0 Å². The van der Waals surface area contributed by atoms with Gasteiger partial charge in [-0.25, -0.2) is 0 Å². The second-order valence-corrected chi connectivity index (χ2v) is 5.65. The molecule has 1 N–H and O–H groups in total. The third-order valence-electron chi connectivity index (χ3n) is 3.56. The topological polar surface area (TPSA) is 40.5 Å². The van der Waals surface area contributed by atoms with E-state index in [1.54, 1.807) is 11.0 Å². The minimum absolute atomic E-state index is 0.0446. The van der Waals surface area contributed by atoms with Crippen molar-refractivity contribution in [2.45, 2.75) is 12.5 Å². The number of hydrogen-bond donors (Lipinski definition) is 1.